The molecule has 0 aromatic heterocycles. The number of rotatable bonds is 8. The molecule has 0 saturated carbocycles. The molecular formula is C19H22N2O5. The topological polar surface area (TPSA) is 78.4 Å². The molecule has 0 aliphatic heterocycles. The molecule has 7 nitrogen and oxygen atoms in total. The van der Waals surface area contributed by atoms with E-state index in [2.05, 4.69) is 10.5 Å². The van der Waals surface area contributed by atoms with Crippen molar-refractivity contribution in [1.82, 2.24) is 5.43 Å². The van der Waals surface area contributed by atoms with E-state index in [-0.39, 0.29) is 5.91 Å². The molecule has 0 heterocycles. The van der Waals surface area contributed by atoms with Gasteiger partial charge in [0.1, 0.15) is 5.75 Å². The van der Waals surface area contributed by atoms with Crippen LogP contribution in [-0.4, -0.2) is 40.1 Å². The number of nitrogens with one attached hydrogen (secondary N) is 1. The van der Waals surface area contributed by atoms with Crippen LogP contribution < -0.4 is 24.4 Å². The second-order valence-electron chi connectivity index (χ2n) is 5.12. The van der Waals surface area contributed by atoms with Gasteiger partial charge >= 0.3 is 0 Å². The summed E-state index contributed by atoms with van der Waals surface area (Å²) in [5, 5.41) is 3.98. The Bertz CT molecular complexity index is 747. The first-order valence-electron chi connectivity index (χ1n) is 7.99. The van der Waals surface area contributed by atoms with Gasteiger partial charge in [-0.3, -0.25) is 4.79 Å². The number of hydrogen-bond acceptors (Lipinski definition) is 6. The maximum absolute atomic E-state index is 12.1. The number of hydrogen-bond donors (Lipinski definition) is 1. The molecule has 0 unspecified atom stereocenters. The lowest BCUT2D eigenvalue weighted by molar-refractivity contribution is 0.0955. The molecule has 0 saturated heterocycles. The average molecular weight is 358 g/mol. The Morgan fingerprint density at radius 1 is 1.04 bits per heavy atom. The van der Waals surface area contributed by atoms with Crippen LogP contribution in [0.3, 0.4) is 0 Å². The molecule has 138 valence electrons. The van der Waals surface area contributed by atoms with E-state index in [1.54, 1.807) is 36.4 Å². The van der Waals surface area contributed by atoms with Gasteiger partial charge in [-0.15, -0.1) is 0 Å². The Morgan fingerprint density at radius 3 is 2.15 bits per heavy atom. The predicted molar refractivity (Wildman–Crippen MR) is 98.8 cm³/mol. The zero-order valence-corrected chi connectivity index (χ0v) is 15.2. The summed E-state index contributed by atoms with van der Waals surface area (Å²) < 4.78 is 21.2. The molecule has 2 aromatic rings. The highest BCUT2D eigenvalue weighted by molar-refractivity contribution is 5.95. The average Bonchev–Trinajstić information content (AvgIpc) is 2.67. The molecule has 0 fully saturated rings. The van der Waals surface area contributed by atoms with Crippen LogP contribution in [0.15, 0.2) is 41.5 Å². The predicted octanol–water partition coefficient (Wildman–Crippen LogP) is 2.88. The van der Waals surface area contributed by atoms with Gasteiger partial charge in [-0.1, -0.05) is 0 Å². The lowest BCUT2D eigenvalue weighted by atomic mass is 10.2. The number of amides is 1. The monoisotopic (exact) mass is 358 g/mol. The van der Waals surface area contributed by atoms with Gasteiger partial charge in [0.05, 0.1) is 34.2 Å². The van der Waals surface area contributed by atoms with Gasteiger partial charge in [-0.25, -0.2) is 5.43 Å². The summed E-state index contributed by atoms with van der Waals surface area (Å²) in [6.45, 7) is 2.48. The van der Waals surface area contributed by atoms with Gasteiger partial charge in [-0.05, 0) is 43.3 Å². The van der Waals surface area contributed by atoms with Crippen LogP contribution in [0.1, 0.15) is 22.8 Å². The summed E-state index contributed by atoms with van der Waals surface area (Å²) in [6, 6.07) is 10.3. The highest BCUT2D eigenvalue weighted by Crippen LogP contribution is 2.37. The minimum absolute atomic E-state index is 0.322. The Morgan fingerprint density at radius 2 is 1.65 bits per heavy atom. The second-order valence-corrected chi connectivity index (χ2v) is 5.12. The molecular weight excluding hydrogens is 336 g/mol. The fraction of sp³-hybridized carbons (Fsp3) is 0.263. The first kappa shape index (κ1) is 19.1. The molecule has 0 atom stereocenters. The van der Waals surface area contributed by atoms with Crippen molar-refractivity contribution in [3.8, 4) is 23.0 Å². The van der Waals surface area contributed by atoms with Crippen LogP contribution in [0.25, 0.3) is 0 Å². The third kappa shape index (κ3) is 4.66. The molecule has 0 radical (unpaired) electrons. The van der Waals surface area contributed by atoms with Crippen molar-refractivity contribution >= 4 is 12.1 Å². The number of ether oxygens (including phenoxy) is 4. The molecule has 1 N–H and O–H groups in total. The molecule has 0 bridgehead atoms. The number of methoxy groups -OCH3 is 3. The number of nitrogens with zero attached hydrogens (tertiary/aromatic N) is 1. The van der Waals surface area contributed by atoms with Crippen LogP contribution in [0, 0.1) is 0 Å². The molecule has 7 heteroatoms. The van der Waals surface area contributed by atoms with Crippen molar-refractivity contribution in [2.24, 2.45) is 5.10 Å². The third-order valence-electron chi connectivity index (χ3n) is 3.49. The van der Waals surface area contributed by atoms with Crippen molar-refractivity contribution in [2.75, 3.05) is 27.9 Å². The van der Waals surface area contributed by atoms with E-state index in [4.69, 9.17) is 18.9 Å². The number of carbonyl (C=O) groups excluding carboxylic acids is 1. The van der Waals surface area contributed by atoms with E-state index < -0.39 is 0 Å². The van der Waals surface area contributed by atoms with Gasteiger partial charge in [0.15, 0.2) is 11.5 Å². The molecule has 0 spiro atoms. The summed E-state index contributed by atoms with van der Waals surface area (Å²) in [5.41, 5.74) is 3.65. The Hall–Kier alpha value is -3.22. The van der Waals surface area contributed by atoms with Crippen LogP contribution in [0.5, 0.6) is 23.0 Å². The normalized spacial score (nSPS) is 10.5. The highest BCUT2D eigenvalue weighted by atomic mass is 16.5. The van der Waals surface area contributed by atoms with Gasteiger partial charge < -0.3 is 18.9 Å². The minimum Gasteiger partial charge on any atom is -0.494 e. The molecule has 26 heavy (non-hydrogen) atoms. The van der Waals surface area contributed by atoms with Crippen LogP contribution in [-0.2, 0) is 0 Å². The van der Waals surface area contributed by atoms with Crippen molar-refractivity contribution < 1.29 is 23.7 Å². The van der Waals surface area contributed by atoms with Crippen LogP contribution in [0.4, 0.5) is 0 Å². The zero-order chi connectivity index (χ0) is 18.9. The maximum atomic E-state index is 12.1. The van der Waals surface area contributed by atoms with Crippen molar-refractivity contribution in [3.05, 3.63) is 47.5 Å². The van der Waals surface area contributed by atoms with Gasteiger partial charge in [-0.2, -0.15) is 5.10 Å². The lowest BCUT2D eigenvalue weighted by Crippen LogP contribution is -2.17. The van der Waals surface area contributed by atoms with E-state index in [1.807, 2.05) is 6.92 Å². The summed E-state index contributed by atoms with van der Waals surface area (Å²) in [4.78, 5) is 12.1. The molecule has 0 aliphatic carbocycles. The first-order valence-corrected chi connectivity index (χ1v) is 7.99. The lowest BCUT2D eigenvalue weighted by Gasteiger charge is -2.12. The third-order valence-corrected chi connectivity index (χ3v) is 3.49. The Balaban J connectivity index is 2.08. The van der Waals surface area contributed by atoms with E-state index in [0.717, 1.165) is 0 Å². The highest BCUT2D eigenvalue weighted by Gasteiger charge is 2.12. The van der Waals surface area contributed by atoms with E-state index in [0.29, 0.717) is 40.7 Å². The van der Waals surface area contributed by atoms with Gasteiger partial charge in [0.25, 0.3) is 5.91 Å². The van der Waals surface area contributed by atoms with Gasteiger partial charge in [0, 0.05) is 11.1 Å². The quantitative estimate of drug-likeness (QED) is 0.580. The summed E-state index contributed by atoms with van der Waals surface area (Å²) in [7, 11) is 4.60. The fourth-order valence-corrected chi connectivity index (χ4v) is 2.28. The van der Waals surface area contributed by atoms with Crippen molar-refractivity contribution in [3.63, 3.8) is 0 Å². The summed E-state index contributed by atoms with van der Waals surface area (Å²) in [5.74, 6) is 1.89. The van der Waals surface area contributed by atoms with Crippen LogP contribution >= 0.6 is 0 Å². The standard InChI is InChI=1S/C19H22N2O5/c1-5-26-15-8-6-14(7-9-15)19(22)21-20-12-13-10-16(23-2)18(25-4)17(11-13)24-3/h6-12H,5H2,1-4H3,(H,21,22)/b20-12+. The minimum atomic E-state index is -0.322. The summed E-state index contributed by atoms with van der Waals surface area (Å²) in [6.07, 6.45) is 1.50. The first-order chi connectivity index (χ1) is 12.6. The van der Waals surface area contributed by atoms with Crippen molar-refractivity contribution in [2.45, 2.75) is 6.92 Å². The Kier molecular flexibility index (Phi) is 6.84. The molecule has 0 aliphatic rings. The largest absolute Gasteiger partial charge is 0.494 e. The fourth-order valence-electron chi connectivity index (χ4n) is 2.28. The zero-order valence-electron chi connectivity index (χ0n) is 15.2. The second kappa shape index (κ2) is 9.31. The van der Waals surface area contributed by atoms with E-state index in [9.17, 15) is 4.79 Å². The maximum Gasteiger partial charge on any atom is 0.271 e. The molecule has 2 rings (SSSR count). The summed E-state index contributed by atoms with van der Waals surface area (Å²) >= 11 is 0. The van der Waals surface area contributed by atoms with Gasteiger partial charge in [0.2, 0.25) is 5.75 Å². The smallest absolute Gasteiger partial charge is 0.271 e. The van der Waals surface area contributed by atoms with E-state index >= 15 is 0 Å². The van der Waals surface area contributed by atoms with Crippen molar-refractivity contribution in [1.29, 1.82) is 0 Å². The van der Waals surface area contributed by atoms with E-state index in [1.165, 1.54) is 27.5 Å². The number of hydrazone groups is 1. The number of benzene rings is 2. The molecule has 1 amide bonds. The SMILES string of the molecule is CCOc1ccc(C(=O)N/N=C/c2cc(OC)c(OC)c(OC)c2)cc1. The Labute approximate surface area is 152 Å². The molecule has 2 aromatic carbocycles. The number of carbonyl (C=O) groups is 1. The van der Waals surface area contributed by atoms with Crippen LogP contribution in [0.2, 0.25) is 0 Å².